The number of hydrogen-bond donors (Lipinski definition) is 1. The molecule has 0 saturated heterocycles. The van der Waals surface area contributed by atoms with E-state index >= 15 is 0 Å². The molecule has 0 aliphatic heterocycles. The van der Waals surface area contributed by atoms with Crippen molar-refractivity contribution < 1.29 is 18.7 Å². The van der Waals surface area contributed by atoms with Crippen molar-refractivity contribution in [2.75, 3.05) is 6.61 Å². The molecule has 28 heavy (non-hydrogen) atoms. The summed E-state index contributed by atoms with van der Waals surface area (Å²) >= 11 is 1.38. The summed E-state index contributed by atoms with van der Waals surface area (Å²) in [6.07, 6.45) is 5.01. The maximum atomic E-state index is 14.8. The summed E-state index contributed by atoms with van der Waals surface area (Å²) in [4.78, 5) is 23.7. The van der Waals surface area contributed by atoms with Crippen molar-refractivity contribution in [1.29, 1.82) is 0 Å². The molecule has 1 N–H and O–H groups in total. The summed E-state index contributed by atoms with van der Waals surface area (Å²) < 4.78 is 26.3. The zero-order valence-electron chi connectivity index (χ0n) is 15.4. The van der Waals surface area contributed by atoms with Gasteiger partial charge in [-0.05, 0) is 31.9 Å². The molecule has 0 unspecified atom stereocenters. The quantitative estimate of drug-likeness (QED) is 0.647. The highest BCUT2D eigenvalue weighted by Crippen LogP contribution is 2.44. The monoisotopic (exact) mass is 402 g/mol. The van der Waals surface area contributed by atoms with Crippen LogP contribution >= 0.6 is 11.3 Å². The Morgan fingerprint density at radius 3 is 2.75 bits per heavy atom. The van der Waals surface area contributed by atoms with Crippen LogP contribution in [0.3, 0.4) is 0 Å². The first-order valence-electron chi connectivity index (χ1n) is 8.98. The number of hydrogen-bond acceptors (Lipinski definition) is 7. The van der Waals surface area contributed by atoms with E-state index in [0.717, 1.165) is 17.8 Å². The van der Waals surface area contributed by atoms with Gasteiger partial charge in [-0.2, -0.15) is 0 Å². The maximum absolute atomic E-state index is 14.8. The van der Waals surface area contributed by atoms with Crippen LogP contribution in [0.2, 0.25) is 0 Å². The standard InChI is InChI=1S/C19H19FN4O3S/c1-10(23-11(2)25)9-26-15-7-22-16(8-21-15)27-14-6-5-13-18(17(14)20)28-19(24-13)12-3-4-12/h5-8,10,12H,3-4,9H2,1-2H3,(H,23,25)/t10-/m0/s1. The lowest BCUT2D eigenvalue weighted by Gasteiger charge is -2.13. The molecular weight excluding hydrogens is 383 g/mol. The Balaban J connectivity index is 1.42. The number of thiazole rings is 1. The SMILES string of the molecule is CC(=O)N[C@@H](C)COc1cnc(Oc2ccc3nc(C4CC4)sc3c2F)cn1. The number of carbonyl (C=O) groups is 1. The van der Waals surface area contributed by atoms with Gasteiger partial charge in [-0.15, -0.1) is 11.3 Å². The van der Waals surface area contributed by atoms with E-state index in [4.69, 9.17) is 9.47 Å². The van der Waals surface area contributed by atoms with Crippen LogP contribution in [-0.2, 0) is 4.79 Å². The van der Waals surface area contributed by atoms with Gasteiger partial charge in [-0.25, -0.2) is 19.3 Å². The van der Waals surface area contributed by atoms with E-state index in [-0.39, 0.29) is 36.1 Å². The van der Waals surface area contributed by atoms with Crippen molar-refractivity contribution in [3.05, 3.63) is 35.4 Å². The fourth-order valence-corrected chi connectivity index (χ4v) is 3.85. The predicted octanol–water partition coefficient (Wildman–Crippen LogP) is 3.80. The van der Waals surface area contributed by atoms with E-state index in [2.05, 4.69) is 20.3 Å². The van der Waals surface area contributed by atoms with Crippen molar-refractivity contribution in [2.24, 2.45) is 0 Å². The normalized spacial score (nSPS) is 14.7. The van der Waals surface area contributed by atoms with Gasteiger partial charge in [0.25, 0.3) is 0 Å². The Kier molecular flexibility index (Phi) is 5.08. The molecule has 1 aromatic carbocycles. The Bertz CT molecular complexity index is 1000. The molecule has 9 heteroatoms. The lowest BCUT2D eigenvalue weighted by Crippen LogP contribution is -2.35. The third-order valence-corrected chi connectivity index (χ3v) is 5.38. The van der Waals surface area contributed by atoms with Crippen molar-refractivity contribution in [1.82, 2.24) is 20.3 Å². The molecule has 0 spiro atoms. The number of halogens is 1. The zero-order valence-corrected chi connectivity index (χ0v) is 16.3. The second-order valence-corrected chi connectivity index (χ2v) is 7.79. The van der Waals surface area contributed by atoms with Gasteiger partial charge in [0.1, 0.15) is 6.61 Å². The fourth-order valence-electron chi connectivity index (χ4n) is 2.69. The van der Waals surface area contributed by atoms with Gasteiger partial charge < -0.3 is 14.8 Å². The van der Waals surface area contributed by atoms with E-state index < -0.39 is 5.82 Å². The average Bonchev–Trinajstić information content (AvgIpc) is 3.42. The van der Waals surface area contributed by atoms with Crippen molar-refractivity contribution in [2.45, 2.75) is 38.6 Å². The number of benzene rings is 1. The molecule has 1 amide bonds. The minimum Gasteiger partial charge on any atom is -0.474 e. The van der Waals surface area contributed by atoms with Crippen LogP contribution in [0.25, 0.3) is 10.2 Å². The van der Waals surface area contributed by atoms with Crippen molar-refractivity contribution >= 4 is 27.5 Å². The van der Waals surface area contributed by atoms with E-state index in [1.54, 1.807) is 12.1 Å². The van der Waals surface area contributed by atoms with E-state index in [0.29, 0.717) is 16.1 Å². The Morgan fingerprint density at radius 1 is 1.32 bits per heavy atom. The molecule has 1 saturated carbocycles. The summed E-state index contributed by atoms with van der Waals surface area (Å²) in [7, 11) is 0. The molecule has 0 radical (unpaired) electrons. The molecule has 2 aromatic heterocycles. The van der Waals surface area contributed by atoms with Gasteiger partial charge in [0.15, 0.2) is 11.6 Å². The molecule has 1 fully saturated rings. The summed E-state index contributed by atoms with van der Waals surface area (Å²) in [6.45, 7) is 3.52. The Labute approximate surface area is 164 Å². The van der Waals surface area contributed by atoms with Gasteiger partial charge in [0.2, 0.25) is 17.7 Å². The number of carbonyl (C=O) groups excluding carboxylic acids is 1. The van der Waals surface area contributed by atoms with Crippen LogP contribution in [0.5, 0.6) is 17.5 Å². The van der Waals surface area contributed by atoms with Gasteiger partial charge in [0, 0.05) is 12.8 Å². The van der Waals surface area contributed by atoms with Crippen LogP contribution in [0, 0.1) is 5.82 Å². The van der Waals surface area contributed by atoms with Crippen LogP contribution < -0.4 is 14.8 Å². The summed E-state index contributed by atoms with van der Waals surface area (Å²) in [6, 6.07) is 3.15. The van der Waals surface area contributed by atoms with Gasteiger partial charge in [-0.3, -0.25) is 4.79 Å². The lowest BCUT2D eigenvalue weighted by molar-refractivity contribution is -0.119. The fraction of sp³-hybridized carbons (Fsp3) is 0.368. The number of nitrogens with one attached hydrogen (secondary N) is 1. The highest BCUT2D eigenvalue weighted by atomic mass is 32.1. The number of fused-ring (bicyclic) bond motifs is 1. The second kappa shape index (κ2) is 7.67. The van der Waals surface area contributed by atoms with E-state index in [9.17, 15) is 9.18 Å². The molecule has 0 bridgehead atoms. The third-order valence-electron chi connectivity index (χ3n) is 4.15. The number of amides is 1. The number of ether oxygens (including phenoxy) is 2. The number of rotatable bonds is 7. The first-order chi connectivity index (χ1) is 13.5. The van der Waals surface area contributed by atoms with E-state index in [1.807, 2.05) is 6.92 Å². The predicted molar refractivity (Wildman–Crippen MR) is 102 cm³/mol. The summed E-state index contributed by atoms with van der Waals surface area (Å²) in [5.74, 6) is 0.446. The molecule has 1 aliphatic rings. The molecule has 3 aromatic rings. The average molecular weight is 402 g/mol. The maximum Gasteiger partial charge on any atom is 0.238 e. The summed E-state index contributed by atoms with van der Waals surface area (Å²) in [5.41, 5.74) is 0.653. The van der Waals surface area contributed by atoms with E-state index in [1.165, 1.54) is 30.7 Å². The highest BCUT2D eigenvalue weighted by Gasteiger charge is 2.28. The van der Waals surface area contributed by atoms with Crippen LogP contribution in [0.4, 0.5) is 4.39 Å². The topological polar surface area (TPSA) is 86.2 Å². The highest BCUT2D eigenvalue weighted by molar-refractivity contribution is 7.18. The summed E-state index contributed by atoms with van der Waals surface area (Å²) in [5, 5.41) is 3.69. The third kappa shape index (κ3) is 4.19. The molecule has 2 heterocycles. The zero-order chi connectivity index (χ0) is 19.7. The van der Waals surface area contributed by atoms with Crippen molar-refractivity contribution in [3.63, 3.8) is 0 Å². The van der Waals surface area contributed by atoms with Crippen LogP contribution in [0.15, 0.2) is 24.5 Å². The molecule has 1 atom stereocenters. The smallest absolute Gasteiger partial charge is 0.238 e. The molecule has 1 aliphatic carbocycles. The molecule has 7 nitrogen and oxygen atoms in total. The number of nitrogens with zero attached hydrogens (tertiary/aromatic N) is 3. The second-order valence-electron chi connectivity index (χ2n) is 6.76. The minimum atomic E-state index is -0.437. The van der Waals surface area contributed by atoms with Gasteiger partial charge >= 0.3 is 0 Å². The van der Waals surface area contributed by atoms with Gasteiger partial charge in [0.05, 0.1) is 33.7 Å². The molecule has 146 valence electrons. The molecule has 4 rings (SSSR count). The van der Waals surface area contributed by atoms with Crippen LogP contribution in [0.1, 0.15) is 37.6 Å². The minimum absolute atomic E-state index is 0.0840. The largest absolute Gasteiger partial charge is 0.474 e. The molecular formula is C19H19FN4O3S. The Hall–Kier alpha value is -2.81. The Morgan fingerprint density at radius 2 is 2.07 bits per heavy atom. The first kappa shape index (κ1) is 18.5. The number of aromatic nitrogens is 3. The first-order valence-corrected chi connectivity index (χ1v) is 9.80. The lowest BCUT2D eigenvalue weighted by atomic mass is 10.3. The van der Waals surface area contributed by atoms with Crippen LogP contribution in [-0.4, -0.2) is 33.5 Å². The van der Waals surface area contributed by atoms with Gasteiger partial charge in [-0.1, -0.05) is 0 Å². The van der Waals surface area contributed by atoms with Crippen molar-refractivity contribution in [3.8, 4) is 17.5 Å².